The molecular formula is C23H30N4O2. The van der Waals surface area contributed by atoms with Gasteiger partial charge in [0.05, 0.1) is 6.42 Å². The first kappa shape index (κ1) is 20.7. The minimum Gasteiger partial charge on any atom is -0.368 e. The monoisotopic (exact) mass is 394 g/mol. The summed E-state index contributed by atoms with van der Waals surface area (Å²) in [6.45, 7) is 5.90. The molecule has 1 aliphatic heterocycles. The highest BCUT2D eigenvalue weighted by Crippen LogP contribution is 2.20. The van der Waals surface area contributed by atoms with E-state index in [1.807, 2.05) is 59.5 Å². The predicted molar refractivity (Wildman–Crippen MR) is 117 cm³/mol. The van der Waals surface area contributed by atoms with Crippen LogP contribution in [0.25, 0.3) is 0 Å². The summed E-state index contributed by atoms with van der Waals surface area (Å²) in [5.41, 5.74) is 2.90. The van der Waals surface area contributed by atoms with Crippen LogP contribution in [0, 0.1) is 0 Å². The average molecular weight is 395 g/mol. The summed E-state index contributed by atoms with van der Waals surface area (Å²) in [6, 6.07) is 17.7. The Bertz CT molecular complexity index is 784. The van der Waals surface area contributed by atoms with Gasteiger partial charge in [0.2, 0.25) is 5.91 Å². The highest BCUT2D eigenvalue weighted by molar-refractivity contribution is 5.92. The number of amides is 3. The molecule has 0 spiro atoms. The lowest BCUT2D eigenvalue weighted by Gasteiger charge is -2.36. The highest BCUT2D eigenvalue weighted by Gasteiger charge is 2.20. The predicted octanol–water partition coefficient (Wildman–Crippen LogP) is 3.50. The Morgan fingerprint density at radius 2 is 1.62 bits per heavy atom. The number of carbonyl (C=O) groups is 2. The van der Waals surface area contributed by atoms with Crippen LogP contribution in [0.2, 0.25) is 0 Å². The summed E-state index contributed by atoms with van der Waals surface area (Å²) in [6.07, 6.45) is 2.46. The number of piperazine rings is 1. The van der Waals surface area contributed by atoms with Crippen LogP contribution in [0.3, 0.4) is 0 Å². The van der Waals surface area contributed by atoms with Gasteiger partial charge < -0.3 is 20.4 Å². The molecule has 154 valence electrons. The number of unbranched alkanes of at least 4 members (excludes halogenated alkanes) is 1. The molecule has 2 N–H and O–H groups in total. The Hall–Kier alpha value is -3.02. The minimum absolute atomic E-state index is 0.0216. The SMILES string of the molecule is CCCCNC(=O)N1CCN(c2ccc(NC(=O)Cc3ccccc3)cc2)CC1. The Kier molecular flexibility index (Phi) is 7.50. The number of benzene rings is 2. The van der Waals surface area contributed by atoms with Gasteiger partial charge in [0, 0.05) is 44.1 Å². The summed E-state index contributed by atoms with van der Waals surface area (Å²) in [4.78, 5) is 28.5. The van der Waals surface area contributed by atoms with Gasteiger partial charge in [-0.3, -0.25) is 4.79 Å². The van der Waals surface area contributed by atoms with Gasteiger partial charge >= 0.3 is 6.03 Å². The van der Waals surface area contributed by atoms with Crippen molar-refractivity contribution in [1.29, 1.82) is 0 Å². The first-order valence-corrected chi connectivity index (χ1v) is 10.4. The van der Waals surface area contributed by atoms with E-state index in [1.165, 1.54) is 0 Å². The zero-order valence-electron chi connectivity index (χ0n) is 17.1. The van der Waals surface area contributed by atoms with Crippen LogP contribution in [-0.4, -0.2) is 49.6 Å². The minimum atomic E-state index is -0.0216. The molecule has 3 amide bonds. The second-order valence-electron chi connectivity index (χ2n) is 7.32. The van der Waals surface area contributed by atoms with Gasteiger partial charge in [-0.05, 0) is 36.2 Å². The van der Waals surface area contributed by atoms with Crippen LogP contribution in [0.1, 0.15) is 25.3 Å². The summed E-state index contributed by atoms with van der Waals surface area (Å²) >= 11 is 0. The Labute approximate surface area is 172 Å². The summed E-state index contributed by atoms with van der Waals surface area (Å²) in [7, 11) is 0. The van der Waals surface area contributed by atoms with E-state index in [1.54, 1.807) is 0 Å². The van der Waals surface area contributed by atoms with E-state index >= 15 is 0 Å². The van der Waals surface area contributed by atoms with Gasteiger partial charge in [0.15, 0.2) is 0 Å². The molecule has 6 nitrogen and oxygen atoms in total. The lowest BCUT2D eigenvalue weighted by atomic mass is 10.1. The van der Waals surface area contributed by atoms with Gasteiger partial charge in [0.25, 0.3) is 0 Å². The largest absolute Gasteiger partial charge is 0.368 e. The number of nitrogens with zero attached hydrogens (tertiary/aromatic N) is 2. The molecule has 1 heterocycles. The van der Waals surface area contributed by atoms with Crippen molar-refractivity contribution in [2.75, 3.05) is 42.9 Å². The van der Waals surface area contributed by atoms with Crippen LogP contribution < -0.4 is 15.5 Å². The van der Waals surface area contributed by atoms with Gasteiger partial charge in [-0.1, -0.05) is 43.7 Å². The van der Waals surface area contributed by atoms with Gasteiger partial charge in [-0.25, -0.2) is 4.79 Å². The number of urea groups is 1. The smallest absolute Gasteiger partial charge is 0.317 e. The molecule has 1 saturated heterocycles. The van der Waals surface area contributed by atoms with E-state index in [4.69, 9.17) is 0 Å². The van der Waals surface area contributed by atoms with E-state index in [0.29, 0.717) is 19.5 Å². The standard InChI is InChI=1S/C23H30N4O2/c1-2-3-13-24-23(29)27-16-14-26(15-17-27)21-11-9-20(10-12-21)25-22(28)18-19-7-5-4-6-8-19/h4-12H,2-3,13-18H2,1H3,(H,24,29)(H,25,28). The normalized spacial score (nSPS) is 13.8. The lowest BCUT2D eigenvalue weighted by molar-refractivity contribution is -0.115. The summed E-state index contributed by atoms with van der Waals surface area (Å²) < 4.78 is 0. The van der Waals surface area contributed by atoms with Crippen molar-refractivity contribution in [1.82, 2.24) is 10.2 Å². The van der Waals surface area contributed by atoms with E-state index in [-0.39, 0.29) is 11.9 Å². The van der Waals surface area contributed by atoms with Crippen molar-refractivity contribution in [2.24, 2.45) is 0 Å². The molecule has 0 bridgehead atoms. The molecule has 3 rings (SSSR count). The maximum Gasteiger partial charge on any atom is 0.317 e. The molecule has 2 aromatic carbocycles. The number of carbonyl (C=O) groups excluding carboxylic acids is 2. The van der Waals surface area contributed by atoms with Crippen molar-refractivity contribution in [3.8, 4) is 0 Å². The Morgan fingerprint density at radius 3 is 2.28 bits per heavy atom. The van der Waals surface area contributed by atoms with Crippen molar-refractivity contribution in [3.05, 3.63) is 60.2 Å². The molecule has 1 fully saturated rings. The third-order valence-electron chi connectivity index (χ3n) is 5.10. The molecule has 0 unspecified atom stereocenters. The van der Waals surface area contributed by atoms with Crippen LogP contribution in [0.4, 0.5) is 16.2 Å². The summed E-state index contributed by atoms with van der Waals surface area (Å²) in [5.74, 6) is -0.0216. The number of hydrogen-bond acceptors (Lipinski definition) is 3. The molecule has 0 aromatic heterocycles. The van der Waals surface area contributed by atoms with Crippen molar-refractivity contribution in [2.45, 2.75) is 26.2 Å². The van der Waals surface area contributed by atoms with E-state index < -0.39 is 0 Å². The molecule has 2 aromatic rings. The van der Waals surface area contributed by atoms with Crippen molar-refractivity contribution in [3.63, 3.8) is 0 Å². The third-order valence-corrected chi connectivity index (χ3v) is 5.10. The van der Waals surface area contributed by atoms with E-state index in [2.05, 4.69) is 22.5 Å². The third kappa shape index (κ3) is 6.24. The van der Waals surface area contributed by atoms with Gasteiger partial charge in [0.1, 0.15) is 0 Å². The Balaban J connectivity index is 1.46. The fourth-order valence-electron chi connectivity index (χ4n) is 3.39. The second kappa shape index (κ2) is 10.5. The molecule has 29 heavy (non-hydrogen) atoms. The molecule has 0 saturated carbocycles. The first-order valence-electron chi connectivity index (χ1n) is 10.4. The quantitative estimate of drug-likeness (QED) is 0.707. The second-order valence-corrected chi connectivity index (χ2v) is 7.32. The number of anilines is 2. The number of nitrogens with one attached hydrogen (secondary N) is 2. The topological polar surface area (TPSA) is 64.7 Å². The molecule has 0 aliphatic carbocycles. The number of hydrogen-bond donors (Lipinski definition) is 2. The van der Waals surface area contributed by atoms with Gasteiger partial charge in [-0.2, -0.15) is 0 Å². The number of rotatable bonds is 7. The summed E-state index contributed by atoms with van der Waals surface area (Å²) in [5, 5.41) is 5.93. The van der Waals surface area contributed by atoms with E-state index in [0.717, 1.165) is 49.4 Å². The molecule has 0 radical (unpaired) electrons. The van der Waals surface area contributed by atoms with Crippen LogP contribution >= 0.6 is 0 Å². The molecule has 0 atom stereocenters. The highest BCUT2D eigenvalue weighted by atomic mass is 16.2. The molecular weight excluding hydrogens is 364 g/mol. The molecule has 1 aliphatic rings. The maximum atomic E-state index is 12.2. The van der Waals surface area contributed by atoms with Crippen LogP contribution in [0.5, 0.6) is 0 Å². The van der Waals surface area contributed by atoms with Crippen molar-refractivity contribution >= 4 is 23.3 Å². The maximum absolute atomic E-state index is 12.2. The zero-order chi connectivity index (χ0) is 20.5. The van der Waals surface area contributed by atoms with Crippen LogP contribution in [-0.2, 0) is 11.2 Å². The van der Waals surface area contributed by atoms with E-state index in [9.17, 15) is 9.59 Å². The fourth-order valence-corrected chi connectivity index (χ4v) is 3.39. The first-order chi connectivity index (χ1) is 14.2. The Morgan fingerprint density at radius 1 is 0.931 bits per heavy atom. The fraction of sp³-hybridized carbons (Fsp3) is 0.391. The van der Waals surface area contributed by atoms with Crippen molar-refractivity contribution < 1.29 is 9.59 Å². The van der Waals surface area contributed by atoms with Gasteiger partial charge in [-0.15, -0.1) is 0 Å². The molecule has 6 heteroatoms. The lowest BCUT2D eigenvalue weighted by Crippen LogP contribution is -2.52. The average Bonchev–Trinajstić information content (AvgIpc) is 2.75. The zero-order valence-corrected chi connectivity index (χ0v) is 17.1. The van der Waals surface area contributed by atoms with Crippen LogP contribution in [0.15, 0.2) is 54.6 Å².